The number of fused-ring (bicyclic) bond motifs is 1. The lowest BCUT2D eigenvalue weighted by atomic mass is 10.1. The molecule has 2 aromatic heterocycles. The average molecular weight is 298 g/mol. The fourth-order valence-electron chi connectivity index (χ4n) is 3.32. The number of benzene rings is 1. The largest absolute Gasteiger partial charge is 0.328 e. The van der Waals surface area contributed by atoms with E-state index in [9.17, 15) is 0 Å². The number of rotatable bonds is 3. The number of H-pyrrole nitrogens is 1. The second kappa shape index (κ2) is 4.56. The average Bonchev–Trinajstić information content (AvgIpc) is 3.13. The van der Waals surface area contributed by atoms with Crippen molar-refractivity contribution in [2.75, 3.05) is 0 Å². The lowest BCUT2D eigenvalue weighted by Crippen LogP contribution is -2.02. The van der Waals surface area contributed by atoms with Crippen molar-refractivity contribution in [2.24, 2.45) is 7.05 Å². The van der Waals surface area contributed by atoms with E-state index >= 15 is 0 Å². The van der Waals surface area contributed by atoms with Gasteiger partial charge in [0.25, 0.3) is 0 Å². The van der Waals surface area contributed by atoms with Crippen LogP contribution in [0.1, 0.15) is 36.6 Å². The zero-order valence-electron chi connectivity index (χ0n) is 12.2. The molecule has 4 nitrogen and oxygen atoms in total. The highest BCUT2D eigenvalue weighted by Gasteiger charge is 2.41. The first-order chi connectivity index (χ1) is 10.2. The van der Waals surface area contributed by atoms with E-state index in [-0.39, 0.29) is 0 Å². The predicted octanol–water partition coefficient (Wildman–Crippen LogP) is 3.72. The molecule has 0 saturated heterocycles. The molecule has 1 saturated carbocycles. The number of nitrogens with zero attached hydrogens (tertiary/aromatic N) is 3. The van der Waals surface area contributed by atoms with E-state index in [1.165, 1.54) is 5.56 Å². The molecule has 1 aliphatic carbocycles. The third-order valence-corrected chi connectivity index (χ3v) is 4.72. The highest BCUT2D eigenvalue weighted by Crippen LogP contribution is 2.52. The number of aromatic amines is 1. The fourth-order valence-corrected chi connectivity index (χ4v) is 3.64. The van der Waals surface area contributed by atoms with Crippen molar-refractivity contribution in [1.29, 1.82) is 0 Å². The second-order valence-corrected chi connectivity index (χ2v) is 6.13. The van der Waals surface area contributed by atoms with Crippen LogP contribution in [0, 0.1) is 4.77 Å². The summed E-state index contributed by atoms with van der Waals surface area (Å²) in [5.74, 6) is 0.567. The summed E-state index contributed by atoms with van der Waals surface area (Å²) >= 11 is 5.56. The minimum Gasteiger partial charge on any atom is -0.328 e. The van der Waals surface area contributed by atoms with Crippen molar-refractivity contribution in [3.63, 3.8) is 0 Å². The minimum atomic E-state index is 0.453. The molecular formula is C16H18N4S. The van der Waals surface area contributed by atoms with Gasteiger partial charge in [0.05, 0.1) is 5.69 Å². The topological polar surface area (TPSA) is 38.5 Å². The van der Waals surface area contributed by atoms with Crippen LogP contribution in [0.15, 0.2) is 30.3 Å². The standard InChI is InChI=1S/C16H18N4S/c1-3-12-14-15(19(2)18-12)20(16(21)17-14)13-9-11(13)10-7-5-4-6-8-10/h4-8,11,13H,3,9H2,1-2H3,(H,17,21). The molecule has 3 aromatic rings. The van der Waals surface area contributed by atoms with Crippen LogP contribution in [0.25, 0.3) is 11.2 Å². The summed E-state index contributed by atoms with van der Waals surface area (Å²) in [6.45, 7) is 2.12. The van der Waals surface area contributed by atoms with Crippen molar-refractivity contribution in [1.82, 2.24) is 19.3 Å². The van der Waals surface area contributed by atoms with E-state index in [0.29, 0.717) is 12.0 Å². The highest BCUT2D eigenvalue weighted by atomic mass is 32.1. The zero-order valence-corrected chi connectivity index (χ0v) is 13.0. The van der Waals surface area contributed by atoms with E-state index in [1.807, 2.05) is 11.7 Å². The number of hydrogen-bond donors (Lipinski definition) is 1. The van der Waals surface area contributed by atoms with Crippen LogP contribution in [0.4, 0.5) is 0 Å². The molecule has 1 aromatic carbocycles. The maximum atomic E-state index is 5.56. The Labute approximate surface area is 128 Å². The Morgan fingerprint density at radius 3 is 2.81 bits per heavy atom. The van der Waals surface area contributed by atoms with E-state index < -0.39 is 0 Å². The maximum Gasteiger partial charge on any atom is 0.179 e. The van der Waals surface area contributed by atoms with Crippen LogP contribution >= 0.6 is 12.2 Å². The Morgan fingerprint density at radius 2 is 2.10 bits per heavy atom. The molecule has 2 unspecified atom stereocenters. The van der Waals surface area contributed by atoms with Crippen LogP contribution in [0.5, 0.6) is 0 Å². The normalized spacial score (nSPS) is 21.0. The predicted molar refractivity (Wildman–Crippen MR) is 86.1 cm³/mol. The summed E-state index contributed by atoms with van der Waals surface area (Å²) in [5, 5.41) is 4.60. The Bertz CT molecular complexity index is 856. The third kappa shape index (κ3) is 1.87. The van der Waals surface area contributed by atoms with Crippen molar-refractivity contribution in [3.8, 4) is 0 Å². The van der Waals surface area contributed by atoms with E-state index in [1.54, 1.807) is 0 Å². The Kier molecular flexibility index (Phi) is 2.79. The second-order valence-electron chi connectivity index (χ2n) is 5.74. The third-order valence-electron chi connectivity index (χ3n) is 4.42. The van der Waals surface area contributed by atoms with Gasteiger partial charge in [0.2, 0.25) is 0 Å². The van der Waals surface area contributed by atoms with Gasteiger partial charge in [0, 0.05) is 19.0 Å². The molecule has 1 fully saturated rings. The first kappa shape index (κ1) is 12.8. The summed E-state index contributed by atoms with van der Waals surface area (Å²) in [5.41, 5.74) is 4.72. The van der Waals surface area contributed by atoms with Gasteiger partial charge < -0.3 is 4.98 Å². The summed E-state index contributed by atoms with van der Waals surface area (Å²) < 4.78 is 5.03. The minimum absolute atomic E-state index is 0.453. The van der Waals surface area contributed by atoms with Crippen molar-refractivity contribution in [3.05, 3.63) is 46.4 Å². The molecule has 0 spiro atoms. The van der Waals surface area contributed by atoms with Gasteiger partial charge in [-0.1, -0.05) is 37.3 Å². The van der Waals surface area contributed by atoms with Crippen LogP contribution in [-0.4, -0.2) is 19.3 Å². The van der Waals surface area contributed by atoms with Crippen LogP contribution in [-0.2, 0) is 13.5 Å². The van der Waals surface area contributed by atoms with Gasteiger partial charge in [0.15, 0.2) is 10.4 Å². The molecule has 5 heteroatoms. The first-order valence-electron chi connectivity index (χ1n) is 7.41. The lowest BCUT2D eigenvalue weighted by Gasteiger charge is -2.04. The van der Waals surface area contributed by atoms with E-state index in [0.717, 1.165) is 34.5 Å². The number of aryl methyl sites for hydroxylation is 2. The number of aromatic nitrogens is 4. The number of hydrogen-bond acceptors (Lipinski definition) is 2. The van der Waals surface area contributed by atoms with Gasteiger partial charge in [-0.2, -0.15) is 5.10 Å². The molecule has 2 atom stereocenters. The van der Waals surface area contributed by atoms with Gasteiger partial charge >= 0.3 is 0 Å². The fraction of sp³-hybridized carbons (Fsp3) is 0.375. The van der Waals surface area contributed by atoms with Crippen LogP contribution in [0.3, 0.4) is 0 Å². The molecule has 4 rings (SSSR count). The first-order valence-corrected chi connectivity index (χ1v) is 7.82. The van der Waals surface area contributed by atoms with Gasteiger partial charge in [-0.05, 0) is 30.6 Å². The molecule has 108 valence electrons. The molecular weight excluding hydrogens is 280 g/mol. The molecule has 0 bridgehead atoms. The van der Waals surface area contributed by atoms with Crippen molar-refractivity contribution in [2.45, 2.75) is 31.7 Å². The SMILES string of the molecule is CCc1nn(C)c2c1[nH]c(=S)n2C1CC1c1ccccc1. The van der Waals surface area contributed by atoms with E-state index in [2.05, 4.69) is 51.9 Å². The van der Waals surface area contributed by atoms with Crippen LogP contribution in [0.2, 0.25) is 0 Å². The summed E-state index contributed by atoms with van der Waals surface area (Å²) in [6.07, 6.45) is 2.07. The Balaban J connectivity index is 1.80. The van der Waals surface area contributed by atoms with Crippen molar-refractivity contribution < 1.29 is 0 Å². The molecule has 1 aliphatic rings. The summed E-state index contributed by atoms with van der Waals surface area (Å²) in [6, 6.07) is 11.1. The summed E-state index contributed by atoms with van der Waals surface area (Å²) in [4.78, 5) is 3.36. The Morgan fingerprint density at radius 1 is 1.33 bits per heavy atom. The smallest absolute Gasteiger partial charge is 0.179 e. The Hall–Kier alpha value is -1.88. The monoisotopic (exact) mass is 298 g/mol. The molecule has 0 aliphatic heterocycles. The van der Waals surface area contributed by atoms with Gasteiger partial charge in [-0.3, -0.25) is 9.25 Å². The maximum absolute atomic E-state index is 5.56. The zero-order chi connectivity index (χ0) is 14.6. The van der Waals surface area contributed by atoms with Gasteiger partial charge in [-0.25, -0.2) is 0 Å². The molecule has 0 amide bonds. The van der Waals surface area contributed by atoms with Crippen LogP contribution < -0.4 is 0 Å². The van der Waals surface area contributed by atoms with Crippen molar-refractivity contribution >= 4 is 23.4 Å². The van der Waals surface area contributed by atoms with Gasteiger partial charge in [-0.15, -0.1) is 0 Å². The lowest BCUT2D eigenvalue weighted by molar-refractivity contribution is 0.673. The highest BCUT2D eigenvalue weighted by molar-refractivity contribution is 7.71. The molecule has 1 N–H and O–H groups in total. The number of nitrogens with one attached hydrogen (secondary N) is 1. The van der Waals surface area contributed by atoms with Gasteiger partial charge in [0.1, 0.15) is 5.52 Å². The molecule has 21 heavy (non-hydrogen) atoms. The molecule has 2 heterocycles. The number of imidazole rings is 1. The summed E-state index contributed by atoms with van der Waals surface area (Å²) in [7, 11) is 2.00. The molecule has 0 radical (unpaired) electrons. The van der Waals surface area contributed by atoms with E-state index in [4.69, 9.17) is 12.2 Å². The quantitative estimate of drug-likeness (QED) is 0.748.